The zero-order valence-electron chi connectivity index (χ0n) is 12.0. The fourth-order valence-corrected chi connectivity index (χ4v) is 4.57. The van der Waals surface area contributed by atoms with Crippen molar-refractivity contribution in [2.45, 2.75) is 37.4 Å². The summed E-state index contributed by atoms with van der Waals surface area (Å²) in [7, 11) is -3.14. The fourth-order valence-electron chi connectivity index (χ4n) is 2.94. The maximum Gasteiger partial charge on any atom is 0.223 e. The summed E-state index contributed by atoms with van der Waals surface area (Å²) >= 11 is 0. The van der Waals surface area contributed by atoms with E-state index in [-0.39, 0.29) is 29.4 Å². The van der Waals surface area contributed by atoms with Crippen molar-refractivity contribution in [1.82, 2.24) is 5.32 Å². The molecule has 0 saturated heterocycles. The van der Waals surface area contributed by atoms with E-state index in [2.05, 4.69) is 11.4 Å². The molecule has 5 heteroatoms. The number of aryl methyl sites for hydroxylation is 1. The Kier molecular flexibility index (Phi) is 4.02. The van der Waals surface area contributed by atoms with Gasteiger partial charge < -0.3 is 5.32 Å². The van der Waals surface area contributed by atoms with Gasteiger partial charge in [-0.05, 0) is 43.2 Å². The third-order valence-corrected chi connectivity index (χ3v) is 6.63. The van der Waals surface area contributed by atoms with Crippen LogP contribution in [0.2, 0.25) is 0 Å². The van der Waals surface area contributed by atoms with E-state index in [1.165, 1.54) is 5.56 Å². The second-order valence-electron chi connectivity index (χ2n) is 6.07. The van der Waals surface area contributed by atoms with Crippen molar-refractivity contribution in [2.24, 2.45) is 5.92 Å². The van der Waals surface area contributed by atoms with E-state index in [0.717, 1.165) is 24.8 Å². The Hall–Kier alpha value is -1.36. The third kappa shape index (κ3) is 3.46. The van der Waals surface area contributed by atoms with Crippen LogP contribution in [0.15, 0.2) is 24.3 Å². The van der Waals surface area contributed by atoms with Gasteiger partial charge in [-0.3, -0.25) is 4.79 Å². The highest BCUT2D eigenvalue weighted by molar-refractivity contribution is 7.92. The van der Waals surface area contributed by atoms with Crippen LogP contribution in [-0.2, 0) is 27.5 Å². The number of amides is 1. The largest absolute Gasteiger partial charge is 0.355 e. The van der Waals surface area contributed by atoms with Crippen LogP contribution >= 0.6 is 0 Å². The predicted octanol–water partition coefficient (Wildman–Crippen LogP) is 1.48. The van der Waals surface area contributed by atoms with Crippen molar-refractivity contribution in [2.75, 3.05) is 12.3 Å². The van der Waals surface area contributed by atoms with Crippen LogP contribution in [0.4, 0.5) is 0 Å². The van der Waals surface area contributed by atoms with Crippen LogP contribution in [0, 0.1) is 5.92 Å². The first kappa shape index (κ1) is 14.6. The Morgan fingerprint density at radius 1 is 1.14 bits per heavy atom. The molecule has 114 valence electrons. The minimum absolute atomic E-state index is 0.0131. The third-order valence-electron chi connectivity index (χ3n) is 4.44. The minimum atomic E-state index is -3.14. The lowest BCUT2D eigenvalue weighted by molar-refractivity contribution is -0.122. The van der Waals surface area contributed by atoms with E-state index in [4.69, 9.17) is 0 Å². The fraction of sp³-hybridized carbons (Fsp3) is 0.562. The molecule has 0 bridgehead atoms. The summed E-state index contributed by atoms with van der Waals surface area (Å²) in [6, 6.07) is 8.06. The molecule has 21 heavy (non-hydrogen) atoms. The van der Waals surface area contributed by atoms with E-state index < -0.39 is 9.84 Å². The zero-order valence-corrected chi connectivity index (χ0v) is 12.9. The van der Waals surface area contributed by atoms with Gasteiger partial charge in [0, 0.05) is 12.5 Å². The van der Waals surface area contributed by atoms with Gasteiger partial charge in [0.05, 0.1) is 11.0 Å². The van der Waals surface area contributed by atoms with Gasteiger partial charge in [0.15, 0.2) is 9.84 Å². The van der Waals surface area contributed by atoms with Gasteiger partial charge in [-0.2, -0.15) is 0 Å². The highest BCUT2D eigenvalue weighted by Gasteiger charge is 2.31. The van der Waals surface area contributed by atoms with Gasteiger partial charge in [-0.15, -0.1) is 0 Å². The van der Waals surface area contributed by atoms with Crippen LogP contribution in [0.25, 0.3) is 0 Å². The summed E-state index contributed by atoms with van der Waals surface area (Å²) in [6.45, 7) is 0.246. The number of fused-ring (bicyclic) bond motifs is 1. The van der Waals surface area contributed by atoms with Crippen molar-refractivity contribution in [3.05, 3.63) is 35.4 Å². The lowest BCUT2D eigenvalue weighted by Crippen LogP contribution is -2.36. The smallest absolute Gasteiger partial charge is 0.223 e. The highest BCUT2D eigenvalue weighted by atomic mass is 32.2. The molecule has 1 unspecified atom stereocenters. The van der Waals surface area contributed by atoms with Crippen molar-refractivity contribution in [3.63, 3.8) is 0 Å². The number of sulfone groups is 1. The van der Waals surface area contributed by atoms with Crippen molar-refractivity contribution in [1.29, 1.82) is 0 Å². The molecule has 3 rings (SSSR count). The average molecular weight is 307 g/mol. The molecule has 0 aromatic heterocycles. The van der Waals surface area contributed by atoms with Gasteiger partial charge in [0.25, 0.3) is 0 Å². The molecule has 0 radical (unpaired) electrons. The molecule has 1 aromatic rings. The molecule has 1 atom stereocenters. The number of nitrogens with one attached hydrogen (secondary N) is 1. The molecule has 2 aliphatic rings. The number of rotatable bonds is 5. The lowest BCUT2D eigenvalue weighted by atomic mass is 9.92. The quantitative estimate of drug-likeness (QED) is 0.896. The molecule has 4 nitrogen and oxygen atoms in total. The summed E-state index contributed by atoms with van der Waals surface area (Å²) in [4.78, 5) is 11.5. The molecule has 0 heterocycles. The Morgan fingerprint density at radius 3 is 2.57 bits per heavy atom. The molecule has 1 amide bonds. The Balaban J connectivity index is 1.56. The van der Waals surface area contributed by atoms with Crippen molar-refractivity contribution in [3.8, 4) is 0 Å². The first-order valence-electron chi connectivity index (χ1n) is 7.62. The van der Waals surface area contributed by atoms with Crippen molar-refractivity contribution < 1.29 is 13.2 Å². The Bertz CT molecular complexity index is 635. The van der Waals surface area contributed by atoms with Gasteiger partial charge in [-0.1, -0.05) is 24.3 Å². The molecule has 0 aliphatic heterocycles. The van der Waals surface area contributed by atoms with Gasteiger partial charge >= 0.3 is 0 Å². The average Bonchev–Trinajstić information content (AvgIpc) is 3.31. The van der Waals surface area contributed by atoms with E-state index in [0.29, 0.717) is 12.8 Å². The van der Waals surface area contributed by atoms with Gasteiger partial charge in [0.1, 0.15) is 0 Å². The Morgan fingerprint density at radius 2 is 1.86 bits per heavy atom. The van der Waals surface area contributed by atoms with Crippen LogP contribution in [-0.4, -0.2) is 31.9 Å². The van der Waals surface area contributed by atoms with E-state index in [9.17, 15) is 13.2 Å². The van der Waals surface area contributed by atoms with E-state index in [1.54, 1.807) is 0 Å². The standard InChI is InChI=1S/C16H21NO3S/c18-16(13-5-6-13)17-9-10-21(19,20)15-8-7-12-3-1-2-4-14(12)11-15/h1-4,13,15H,5-11H2,(H,17,18). The molecule has 1 fully saturated rings. The summed E-state index contributed by atoms with van der Waals surface area (Å²) in [5.41, 5.74) is 2.42. The van der Waals surface area contributed by atoms with Gasteiger partial charge in [0.2, 0.25) is 5.91 Å². The molecule has 1 aromatic carbocycles. The topological polar surface area (TPSA) is 63.2 Å². The molecule has 2 aliphatic carbocycles. The van der Waals surface area contributed by atoms with Crippen LogP contribution < -0.4 is 5.32 Å². The molecule has 1 saturated carbocycles. The molecular formula is C16H21NO3S. The first-order chi connectivity index (χ1) is 10.1. The summed E-state index contributed by atoms with van der Waals surface area (Å²) in [5.74, 6) is 0.201. The zero-order chi connectivity index (χ0) is 14.9. The maximum atomic E-state index is 12.4. The summed E-state index contributed by atoms with van der Waals surface area (Å²) < 4.78 is 24.8. The number of carbonyl (C=O) groups is 1. The molecule has 1 N–H and O–H groups in total. The van der Waals surface area contributed by atoms with E-state index in [1.807, 2.05) is 18.2 Å². The second-order valence-corrected chi connectivity index (χ2v) is 8.47. The summed E-state index contributed by atoms with van der Waals surface area (Å²) in [6.07, 6.45) is 4.01. The molecule has 0 spiro atoms. The summed E-state index contributed by atoms with van der Waals surface area (Å²) in [5, 5.41) is 2.44. The maximum absolute atomic E-state index is 12.4. The van der Waals surface area contributed by atoms with Crippen LogP contribution in [0.3, 0.4) is 0 Å². The monoisotopic (exact) mass is 307 g/mol. The first-order valence-corrected chi connectivity index (χ1v) is 9.34. The number of benzene rings is 1. The van der Waals surface area contributed by atoms with Crippen LogP contribution in [0.1, 0.15) is 30.4 Å². The normalized spacial score (nSPS) is 21.6. The predicted molar refractivity (Wildman–Crippen MR) is 81.8 cm³/mol. The minimum Gasteiger partial charge on any atom is -0.355 e. The number of hydrogen-bond donors (Lipinski definition) is 1. The SMILES string of the molecule is O=C(NCCS(=O)(=O)C1CCc2ccccc2C1)C1CC1. The van der Waals surface area contributed by atoms with Crippen molar-refractivity contribution >= 4 is 15.7 Å². The molecular weight excluding hydrogens is 286 g/mol. The number of hydrogen-bond acceptors (Lipinski definition) is 3. The highest BCUT2D eigenvalue weighted by Crippen LogP contribution is 2.29. The number of carbonyl (C=O) groups excluding carboxylic acids is 1. The van der Waals surface area contributed by atoms with Gasteiger partial charge in [-0.25, -0.2) is 8.42 Å². The van der Waals surface area contributed by atoms with E-state index >= 15 is 0 Å². The van der Waals surface area contributed by atoms with Crippen LogP contribution in [0.5, 0.6) is 0 Å². The Labute approximate surface area is 125 Å². The second kappa shape index (κ2) is 5.79. The lowest BCUT2D eigenvalue weighted by Gasteiger charge is -2.24.